The van der Waals surface area contributed by atoms with Gasteiger partial charge in [0.2, 0.25) is 0 Å². The second-order valence-corrected chi connectivity index (χ2v) is 4.67. The van der Waals surface area contributed by atoms with Gasteiger partial charge in [-0.15, -0.1) is 0 Å². The first-order valence-corrected chi connectivity index (χ1v) is 5.43. The van der Waals surface area contributed by atoms with Gasteiger partial charge in [0.15, 0.2) is 0 Å². The largest absolute Gasteiger partial charge is 0.369 e. The van der Waals surface area contributed by atoms with E-state index in [-0.39, 0.29) is 11.5 Å². The zero-order valence-electron chi connectivity index (χ0n) is 9.60. The van der Waals surface area contributed by atoms with E-state index in [2.05, 4.69) is 32.1 Å². The van der Waals surface area contributed by atoms with Crippen molar-refractivity contribution >= 4 is 0 Å². The van der Waals surface area contributed by atoms with Gasteiger partial charge in [0.25, 0.3) is 0 Å². The molecule has 0 saturated heterocycles. The van der Waals surface area contributed by atoms with Gasteiger partial charge >= 0.3 is 0 Å². The lowest BCUT2D eigenvalue weighted by Crippen LogP contribution is -2.26. The second kappa shape index (κ2) is 4.11. The molecule has 16 heavy (non-hydrogen) atoms. The van der Waals surface area contributed by atoms with E-state index in [1.54, 1.807) is 0 Å². The summed E-state index contributed by atoms with van der Waals surface area (Å²) in [6.45, 7) is 4.98. The number of benzene rings is 1. The molecule has 1 aromatic carbocycles. The molecule has 0 aromatic heterocycles. The molecule has 0 bridgehead atoms. The van der Waals surface area contributed by atoms with Crippen LogP contribution in [-0.4, -0.2) is 6.61 Å². The van der Waals surface area contributed by atoms with E-state index in [1.165, 1.54) is 0 Å². The highest BCUT2D eigenvalue weighted by Crippen LogP contribution is 2.39. The molecule has 0 saturated carbocycles. The lowest BCUT2D eigenvalue weighted by atomic mass is 9.81. The number of nitriles is 1. The van der Waals surface area contributed by atoms with Crippen molar-refractivity contribution in [3.05, 3.63) is 47.5 Å². The molecule has 0 radical (unpaired) electrons. The first kappa shape index (κ1) is 10.9. The summed E-state index contributed by atoms with van der Waals surface area (Å²) in [5.41, 5.74) is 1.83. The quantitative estimate of drug-likeness (QED) is 0.671. The molecule has 0 amide bonds. The lowest BCUT2D eigenvalue weighted by Gasteiger charge is -2.34. The van der Waals surface area contributed by atoms with Gasteiger partial charge < -0.3 is 4.74 Å². The first-order valence-electron chi connectivity index (χ1n) is 5.43. The van der Waals surface area contributed by atoms with Crippen LogP contribution in [0.25, 0.3) is 0 Å². The second-order valence-electron chi connectivity index (χ2n) is 4.67. The monoisotopic (exact) mass is 213 g/mol. The minimum atomic E-state index is 0.00636. The fourth-order valence-corrected chi connectivity index (χ4v) is 2.06. The minimum Gasteiger partial charge on any atom is -0.369 e. The van der Waals surface area contributed by atoms with Crippen molar-refractivity contribution in [2.45, 2.75) is 20.0 Å². The molecule has 2 heteroatoms. The van der Waals surface area contributed by atoms with Crippen LogP contribution >= 0.6 is 0 Å². The van der Waals surface area contributed by atoms with Gasteiger partial charge in [0.1, 0.15) is 0 Å². The summed E-state index contributed by atoms with van der Waals surface area (Å²) in [6, 6.07) is 9.76. The van der Waals surface area contributed by atoms with E-state index in [9.17, 15) is 0 Å². The van der Waals surface area contributed by atoms with Gasteiger partial charge in [-0.25, -0.2) is 0 Å². The van der Waals surface area contributed by atoms with Crippen molar-refractivity contribution in [2.75, 3.05) is 6.61 Å². The number of hydrogen-bond donors (Lipinski definition) is 0. The van der Waals surface area contributed by atoms with E-state index >= 15 is 0 Å². The average molecular weight is 213 g/mol. The predicted molar refractivity (Wildman–Crippen MR) is 62.8 cm³/mol. The SMILES string of the molecule is CC1(C)C=CCO[C@H]1c1ccc(C#N)cc1. The Kier molecular flexibility index (Phi) is 2.80. The minimum absolute atomic E-state index is 0.00636. The molecule has 1 aliphatic heterocycles. The van der Waals surface area contributed by atoms with Crippen molar-refractivity contribution in [1.82, 2.24) is 0 Å². The maximum atomic E-state index is 8.75. The standard InChI is InChI=1S/C14H15NO/c1-14(2)8-3-9-16-13(14)12-6-4-11(10-15)5-7-12/h3-8,13H,9H2,1-2H3/t13-/m0/s1. The Morgan fingerprint density at radius 2 is 2.00 bits per heavy atom. The zero-order valence-corrected chi connectivity index (χ0v) is 9.60. The van der Waals surface area contributed by atoms with Crippen molar-refractivity contribution < 1.29 is 4.74 Å². The van der Waals surface area contributed by atoms with E-state index in [0.717, 1.165) is 5.56 Å². The summed E-state index contributed by atoms with van der Waals surface area (Å²) >= 11 is 0. The fraction of sp³-hybridized carbons (Fsp3) is 0.357. The Labute approximate surface area is 96.2 Å². The molecule has 1 aliphatic rings. The fourth-order valence-electron chi connectivity index (χ4n) is 2.06. The molecule has 1 atom stereocenters. The molecule has 0 aliphatic carbocycles. The number of nitrogens with zero attached hydrogens (tertiary/aromatic N) is 1. The van der Waals surface area contributed by atoms with Crippen LogP contribution in [0.5, 0.6) is 0 Å². The normalized spacial score (nSPS) is 22.7. The summed E-state index contributed by atoms with van der Waals surface area (Å²) < 4.78 is 5.78. The van der Waals surface area contributed by atoms with E-state index in [4.69, 9.17) is 10.00 Å². The van der Waals surface area contributed by atoms with Gasteiger partial charge in [-0.3, -0.25) is 0 Å². The Morgan fingerprint density at radius 3 is 2.56 bits per heavy atom. The van der Waals surface area contributed by atoms with Crippen LogP contribution < -0.4 is 0 Å². The topological polar surface area (TPSA) is 33.0 Å². The summed E-state index contributed by atoms with van der Waals surface area (Å²) in [7, 11) is 0. The summed E-state index contributed by atoms with van der Waals surface area (Å²) in [6.07, 6.45) is 4.32. The molecular formula is C14H15NO. The summed E-state index contributed by atoms with van der Waals surface area (Å²) in [5.74, 6) is 0. The van der Waals surface area contributed by atoms with Crippen molar-refractivity contribution in [3.63, 3.8) is 0 Å². The van der Waals surface area contributed by atoms with Crippen LogP contribution in [0.3, 0.4) is 0 Å². The highest BCUT2D eigenvalue weighted by atomic mass is 16.5. The van der Waals surface area contributed by atoms with Crippen LogP contribution in [0.15, 0.2) is 36.4 Å². The third-order valence-electron chi connectivity index (χ3n) is 2.92. The van der Waals surface area contributed by atoms with Crippen molar-refractivity contribution in [3.8, 4) is 6.07 Å². The van der Waals surface area contributed by atoms with Crippen LogP contribution in [0.1, 0.15) is 31.1 Å². The summed E-state index contributed by atoms with van der Waals surface area (Å²) in [4.78, 5) is 0. The third kappa shape index (κ3) is 2.00. The Hall–Kier alpha value is -1.59. The molecule has 0 spiro atoms. The molecular weight excluding hydrogens is 198 g/mol. The van der Waals surface area contributed by atoms with Gasteiger partial charge in [0.05, 0.1) is 24.3 Å². The Balaban J connectivity index is 2.30. The van der Waals surface area contributed by atoms with Crippen LogP contribution in [0, 0.1) is 16.7 Å². The van der Waals surface area contributed by atoms with Crippen LogP contribution in [-0.2, 0) is 4.74 Å². The predicted octanol–water partition coefficient (Wildman–Crippen LogP) is 3.21. The highest BCUT2D eigenvalue weighted by molar-refractivity contribution is 5.33. The maximum absolute atomic E-state index is 8.75. The molecule has 0 N–H and O–H groups in total. The number of ether oxygens (including phenoxy) is 1. The summed E-state index contributed by atoms with van der Waals surface area (Å²) in [5, 5.41) is 8.75. The van der Waals surface area contributed by atoms with Crippen LogP contribution in [0.4, 0.5) is 0 Å². The van der Waals surface area contributed by atoms with Crippen LogP contribution in [0.2, 0.25) is 0 Å². The lowest BCUT2D eigenvalue weighted by molar-refractivity contribution is -0.00365. The van der Waals surface area contributed by atoms with Gasteiger partial charge in [-0.05, 0) is 17.7 Å². The Morgan fingerprint density at radius 1 is 1.31 bits per heavy atom. The molecule has 82 valence electrons. The molecule has 2 nitrogen and oxygen atoms in total. The molecule has 0 fully saturated rings. The van der Waals surface area contributed by atoms with E-state index in [0.29, 0.717) is 12.2 Å². The molecule has 1 aromatic rings. The zero-order chi connectivity index (χ0) is 11.6. The van der Waals surface area contributed by atoms with E-state index in [1.807, 2.05) is 24.3 Å². The highest BCUT2D eigenvalue weighted by Gasteiger charge is 2.31. The Bertz CT molecular complexity index is 437. The smallest absolute Gasteiger partial charge is 0.0991 e. The number of hydrogen-bond acceptors (Lipinski definition) is 2. The average Bonchev–Trinajstić information content (AvgIpc) is 2.29. The van der Waals surface area contributed by atoms with Gasteiger partial charge in [-0.2, -0.15) is 5.26 Å². The third-order valence-corrected chi connectivity index (χ3v) is 2.92. The first-order chi connectivity index (χ1) is 7.63. The molecule has 0 unspecified atom stereocenters. The number of rotatable bonds is 1. The van der Waals surface area contributed by atoms with E-state index < -0.39 is 0 Å². The van der Waals surface area contributed by atoms with Gasteiger partial charge in [0, 0.05) is 5.41 Å². The van der Waals surface area contributed by atoms with Crippen molar-refractivity contribution in [2.24, 2.45) is 5.41 Å². The van der Waals surface area contributed by atoms with Crippen molar-refractivity contribution in [1.29, 1.82) is 5.26 Å². The molecule has 1 heterocycles. The molecule has 2 rings (SSSR count). The van der Waals surface area contributed by atoms with Gasteiger partial charge in [-0.1, -0.05) is 38.1 Å². The maximum Gasteiger partial charge on any atom is 0.0991 e.